The minimum Gasteiger partial charge on any atom is -0.495 e. The van der Waals surface area contributed by atoms with Crippen molar-refractivity contribution in [1.29, 1.82) is 0 Å². The Labute approximate surface area is 112 Å². The van der Waals surface area contributed by atoms with Gasteiger partial charge in [-0.25, -0.2) is 0 Å². The molecule has 2 aromatic rings. The predicted octanol–water partition coefficient (Wildman–Crippen LogP) is 3.05. The van der Waals surface area contributed by atoms with Crippen molar-refractivity contribution in [2.45, 2.75) is 6.04 Å². The van der Waals surface area contributed by atoms with Crippen LogP contribution in [0, 0.1) is 0 Å². The van der Waals surface area contributed by atoms with Gasteiger partial charge in [-0.05, 0) is 36.4 Å². The van der Waals surface area contributed by atoms with Crippen molar-refractivity contribution >= 4 is 11.6 Å². The summed E-state index contributed by atoms with van der Waals surface area (Å²) in [5.41, 5.74) is 2.19. The van der Waals surface area contributed by atoms with Gasteiger partial charge in [0.25, 0.3) is 0 Å². The molecule has 1 heterocycles. The van der Waals surface area contributed by atoms with Gasteiger partial charge in [0.15, 0.2) is 0 Å². The first-order chi connectivity index (χ1) is 8.76. The molecule has 0 aliphatic rings. The quantitative estimate of drug-likeness (QED) is 0.920. The van der Waals surface area contributed by atoms with Crippen LogP contribution in [0.5, 0.6) is 5.75 Å². The summed E-state index contributed by atoms with van der Waals surface area (Å²) in [6.45, 7) is 0. The molecular weight excluding hydrogens is 248 g/mol. The first-order valence-corrected chi connectivity index (χ1v) is 6.04. The molecule has 0 aliphatic heterocycles. The molecule has 0 fully saturated rings. The maximum Gasteiger partial charge on any atom is 0.137 e. The van der Waals surface area contributed by atoms with Gasteiger partial charge < -0.3 is 10.1 Å². The van der Waals surface area contributed by atoms with E-state index in [0.29, 0.717) is 10.8 Å². The monoisotopic (exact) mass is 262 g/mol. The standard InChI is InChI=1S/C14H15ClN2O/c1-16-14(11-4-3-7-17-9-11)10-5-6-12(15)13(8-10)18-2/h3-9,14,16H,1-2H3. The van der Waals surface area contributed by atoms with Gasteiger partial charge in [0, 0.05) is 12.4 Å². The van der Waals surface area contributed by atoms with E-state index in [1.807, 2.05) is 43.6 Å². The molecule has 0 saturated heterocycles. The van der Waals surface area contributed by atoms with Gasteiger partial charge >= 0.3 is 0 Å². The summed E-state index contributed by atoms with van der Waals surface area (Å²) in [4.78, 5) is 4.14. The van der Waals surface area contributed by atoms with Gasteiger partial charge in [-0.15, -0.1) is 0 Å². The zero-order chi connectivity index (χ0) is 13.0. The van der Waals surface area contributed by atoms with Crippen molar-refractivity contribution in [3.8, 4) is 5.75 Å². The van der Waals surface area contributed by atoms with Gasteiger partial charge in [0.1, 0.15) is 5.75 Å². The smallest absolute Gasteiger partial charge is 0.137 e. The van der Waals surface area contributed by atoms with Crippen LogP contribution in [0.3, 0.4) is 0 Å². The second kappa shape index (κ2) is 5.85. The van der Waals surface area contributed by atoms with E-state index < -0.39 is 0 Å². The van der Waals surface area contributed by atoms with Gasteiger partial charge in [-0.2, -0.15) is 0 Å². The van der Waals surface area contributed by atoms with Gasteiger partial charge in [-0.3, -0.25) is 4.98 Å². The number of benzene rings is 1. The van der Waals surface area contributed by atoms with Crippen LogP contribution in [-0.2, 0) is 0 Å². The Morgan fingerprint density at radius 3 is 2.72 bits per heavy atom. The van der Waals surface area contributed by atoms with Crippen molar-refractivity contribution in [2.24, 2.45) is 0 Å². The van der Waals surface area contributed by atoms with Crippen LogP contribution >= 0.6 is 11.6 Å². The molecule has 3 nitrogen and oxygen atoms in total. The fraction of sp³-hybridized carbons (Fsp3) is 0.214. The van der Waals surface area contributed by atoms with Crippen molar-refractivity contribution in [3.05, 3.63) is 58.9 Å². The second-order valence-electron chi connectivity index (χ2n) is 3.90. The van der Waals surface area contributed by atoms with Crippen molar-refractivity contribution < 1.29 is 4.74 Å². The Balaban J connectivity index is 2.39. The van der Waals surface area contributed by atoms with Crippen LogP contribution < -0.4 is 10.1 Å². The third kappa shape index (κ3) is 2.63. The molecule has 0 bridgehead atoms. The number of methoxy groups -OCH3 is 1. The number of hydrogen-bond donors (Lipinski definition) is 1. The number of hydrogen-bond acceptors (Lipinski definition) is 3. The second-order valence-corrected chi connectivity index (χ2v) is 4.31. The van der Waals surface area contributed by atoms with E-state index >= 15 is 0 Å². The molecule has 4 heteroatoms. The van der Waals surface area contributed by atoms with Gasteiger partial charge in [-0.1, -0.05) is 23.7 Å². The Bertz CT molecular complexity index is 516. The molecule has 1 aromatic heterocycles. The zero-order valence-corrected chi connectivity index (χ0v) is 11.1. The lowest BCUT2D eigenvalue weighted by Crippen LogP contribution is -2.17. The summed E-state index contributed by atoms with van der Waals surface area (Å²) in [6, 6.07) is 9.80. The maximum atomic E-state index is 6.03. The highest BCUT2D eigenvalue weighted by Gasteiger charge is 2.13. The molecule has 94 valence electrons. The Morgan fingerprint density at radius 2 is 2.11 bits per heavy atom. The Morgan fingerprint density at radius 1 is 1.28 bits per heavy atom. The van der Waals surface area contributed by atoms with E-state index in [2.05, 4.69) is 10.3 Å². The van der Waals surface area contributed by atoms with Gasteiger partial charge in [0.05, 0.1) is 18.2 Å². The summed E-state index contributed by atoms with van der Waals surface area (Å²) in [5.74, 6) is 0.679. The van der Waals surface area contributed by atoms with Crippen LogP contribution in [0.2, 0.25) is 5.02 Å². The number of pyridine rings is 1. The fourth-order valence-electron chi connectivity index (χ4n) is 1.93. The minimum absolute atomic E-state index is 0.0740. The van der Waals surface area contributed by atoms with E-state index in [1.165, 1.54) is 0 Å². The molecule has 0 spiro atoms. The van der Waals surface area contributed by atoms with Crippen LogP contribution in [0.15, 0.2) is 42.7 Å². The average Bonchev–Trinajstić information content (AvgIpc) is 2.42. The lowest BCUT2D eigenvalue weighted by atomic mass is 10.0. The van der Waals surface area contributed by atoms with E-state index in [9.17, 15) is 0 Å². The summed E-state index contributed by atoms with van der Waals surface area (Å²) in [5, 5.41) is 3.88. The molecule has 2 rings (SSSR count). The molecule has 0 aliphatic carbocycles. The molecule has 18 heavy (non-hydrogen) atoms. The molecule has 1 unspecified atom stereocenters. The van der Waals surface area contributed by atoms with E-state index in [-0.39, 0.29) is 6.04 Å². The van der Waals surface area contributed by atoms with Crippen LogP contribution in [-0.4, -0.2) is 19.1 Å². The summed E-state index contributed by atoms with van der Waals surface area (Å²) in [7, 11) is 3.53. The summed E-state index contributed by atoms with van der Waals surface area (Å²) in [6.07, 6.45) is 3.61. The van der Waals surface area contributed by atoms with Gasteiger partial charge in [0.2, 0.25) is 0 Å². The van der Waals surface area contributed by atoms with Crippen LogP contribution in [0.1, 0.15) is 17.2 Å². The predicted molar refractivity (Wildman–Crippen MR) is 73.1 cm³/mol. The zero-order valence-electron chi connectivity index (χ0n) is 10.4. The van der Waals surface area contributed by atoms with Crippen molar-refractivity contribution in [2.75, 3.05) is 14.2 Å². The van der Waals surface area contributed by atoms with Crippen molar-refractivity contribution in [1.82, 2.24) is 10.3 Å². The topological polar surface area (TPSA) is 34.2 Å². The van der Waals surface area contributed by atoms with Crippen molar-refractivity contribution in [3.63, 3.8) is 0 Å². The van der Waals surface area contributed by atoms with Crippen LogP contribution in [0.25, 0.3) is 0 Å². The Kier molecular flexibility index (Phi) is 4.18. The lowest BCUT2D eigenvalue weighted by Gasteiger charge is -2.17. The van der Waals surface area contributed by atoms with E-state index in [1.54, 1.807) is 13.3 Å². The number of ether oxygens (including phenoxy) is 1. The molecule has 1 atom stereocenters. The molecule has 0 amide bonds. The Hall–Kier alpha value is -1.58. The number of aromatic nitrogens is 1. The first kappa shape index (κ1) is 12.9. The van der Waals surface area contributed by atoms with Crippen LogP contribution in [0.4, 0.5) is 0 Å². The lowest BCUT2D eigenvalue weighted by molar-refractivity contribution is 0.414. The highest BCUT2D eigenvalue weighted by atomic mass is 35.5. The third-order valence-electron chi connectivity index (χ3n) is 2.81. The SMILES string of the molecule is CNC(c1cccnc1)c1ccc(Cl)c(OC)c1. The summed E-state index contributed by atoms with van der Waals surface area (Å²) >= 11 is 6.03. The molecule has 0 saturated carbocycles. The highest BCUT2D eigenvalue weighted by molar-refractivity contribution is 6.32. The number of halogens is 1. The number of nitrogens with zero attached hydrogens (tertiary/aromatic N) is 1. The largest absolute Gasteiger partial charge is 0.495 e. The average molecular weight is 263 g/mol. The third-order valence-corrected chi connectivity index (χ3v) is 3.13. The van der Waals surface area contributed by atoms with E-state index in [0.717, 1.165) is 11.1 Å². The van der Waals surface area contributed by atoms with E-state index in [4.69, 9.17) is 16.3 Å². The molecule has 1 aromatic carbocycles. The maximum absolute atomic E-state index is 6.03. The fourth-order valence-corrected chi connectivity index (χ4v) is 2.12. The molecule has 0 radical (unpaired) electrons. The first-order valence-electron chi connectivity index (χ1n) is 5.67. The number of nitrogens with one attached hydrogen (secondary N) is 1. The minimum atomic E-state index is 0.0740. The normalized spacial score (nSPS) is 12.2. The number of rotatable bonds is 4. The molecular formula is C14H15ClN2O. The molecule has 1 N–H and O–H groups in total. The summed E-state index contributed by atoms with van der Waals surface area (Å²) < 4.78 is 5.24. The highest BCUT2D eigenvalue weighted by Crippen LogP contribution is 2.30.